The van der Waals surface area contributed by atoms with Crippen molar-refractivity contribution < 1.29 is 0 Å². The molecule has 0 spiro atoms. The molecule has 0 bridgehead atoms. The molecular formula is C23H22N2. The van der Waals surface area contributed by atoms with Crippen LogP contribution in [-0.4, -0.2) is 17.7 Å². The predicted molar refractivity (Wildman–Crippen MR) is 106 cm³/mol. The van der Waals surface area contributed by atoms with Crippen LogP contribution in [0.5, 0.6) is 0 Å². The Balaban J connectivity index is 1.41. The number of hydrogen-bond acceptors (Lipinski definition) is 1. The minimum absolute atomic E-state index is 1.06. The largest absolute Gasteiger partial charge is 0.371 e. The number of para-hydroxylation sites is 3. The summed E-state index contributed by atoms with van der Waals surface area (Å²) in [5, 5.41) is 2.73. The Morgan fingerprint density at radius 3 is 2.08 bits per heavy atom. The van der Waals surface area contributed by atoms with Gasteiger partial charge in [-0.2, -0.15) is 0 Å². The molecule has 0 radical (unpaired) electrons. The van der Waals surface area contributed by atoms with Crippen LogP contribution in [0.2, 0.25) is 0 Å². The highest BCUT2D eigenvalue weighted by atomic mass is 15.1. The second-order valence-electron chi connectivity index (χ2n) is 6.91. The van der Waals surface area contributed by atoms with Crippen LogP contribution in [0.25, 0.3) is 21.8 Å². The van der Waals surface area contributed by atoms with E-state index in [1.54, 1.807) is 0 Å². The fourth-order valence-electron chi connectivity index (χ4n) is 4.30. The maximum absolute atomic E-state index is 2.54. The lowest BCUT2D eigenvalue weighted by Gasteiger charge is -2.19. The average molecular weight is 326 g/mol. The van der Waals surface area contributed by atoms with E-state index in [1.807, 2.05) is 0 Å². The molecule has 1 aliphatic rings. The van der Waals surface area contributed by atoms with Gasteiger partial charge in [-0.3, -0.25) is 0 Å². The van der Waals surface area contributed by atoms with Gasteiger partial charge in [-0.25, -0.2) is 0 Å². The van der Waals surface area contributed by atoms with Crippen molar-refractivity contribution in [3.63, 3.8) is 0 Å². The number of nitrogens with zero attached hydrogens (tertiary/aromatic N) is 2. The monoisotopic (exact) mass is 326 g/mol. The zero-order valence-electron chi connectivity index (χ0n) is 14.4. The molecule has 2 heteroatoms. The second-order valence-corrected chi connectivity index (χ2v) is 6.91. The zero-order chi connectivity index (χ0) is 16.6. The van der Waals surface area contributed by atoms with E-state index in [0.717, 1.165) is 26.1 Å². The van der Waals surface area contributed by atoms with E-state index in [9.17, 15) is 0 Å². The Hall–Kier alpha value is -2.74. The van der Waals surface area contributed by atoms with Crippen molar-refractivity contribution in [1.82, 2.24) is 4.57 Å². The van der Waals surface area contributed by atoms with E-state index in [0.29, 0.717) is 0 Å². The first-order chi connectivity index (χ1) is 12.4. The van der Waals surface area contributed by atoms with Crippen molar-refractivity contribution in [2.45, 2.75) is 19.4 Å². The van der Waals surface area contributed by atoms with Crippen LogP contribution in [0.4, 0.5) is 5.69 Å². The van der Waals surface area contributed by atoms with Gasteiger partial charge in [-0.15, -0.1) is 0 Å². The minimum Gasteiger partial charge on any atom is -0.371 e. The van der Waals surface area contributed by atoms with Gasteiger partial charge in [-0.05, 0) is 36.6 Å². The summed E-state index contributed by atoms with van der Waals surface area (Å²) in [5.41, 5.74) is 5.64. The number of hydrogen-bond donors (Lipinski definition) is 0. The van der Waals surface area contributed by atoms with Crippen molar-refractivity contribution in [2.24, 2.45) is 0 Å². The van der Waals surface area contributed by atoms with Gasteiger partial charge in [-0.1, -0.05) is 54.6 Å². The number of rotatable bonds is 4. The van der Waals surface area contributed by atoms with E-state index in [4.69, 9.17) is 0 Å². The summed E-state index contributed by atoms with van der Waals surface area (Å²) in [6, 6.07) is 26.4. The fraction of sp³-hybridized carbons (Fsp3) is 0.217. The number of aromatic nitrogens is 1. The van der Waals surface area contributed by atoms with Crippen LogP contribution >= 0.6 is 0 Å². The summed E-state index contributed by atoms with van der Waals surface area (Å²) < 4.78 is 2.49. The summed E-state index contributed by atoms with van der Waals surface area (Å²) >= 11 is 0. The molecule has 25 heavy (non-hydrogen) atoms. The van der Waals surface area contributed by atoms with Crippen molar-refractivity contribution in [3.05, 3.63) is 78.4 Å². The highest BCUT2D eigenvalue weighted by Gasteiger charge is 2.17. The number of fused-ring (bicyclic) bond motifs is 4. The van der Waals surface area contributed by atoms with Crippen molar-refractivity contribution in [1.29, 1.82) is 0 Å². The molecule has 3 aromatic carbocycles. The number of benzene rings is 3. The molecular weight excluding hydrogens is 304 g/mol. The molecule has 5 rings (SSSR count). The Labute approximate surface area is 148 Å². The number of aryl methyl sites for hydroxylation is 1. The maximum Gasteiger partial charge on any atom is 0.0491 e. The Bertz CT molecular complexity index is 991. The lowest BCUT2D eigenvalue weighted by atomic mass is 10.2. The van der Waals surface area contributed by atoms with Crippen LogP contribution in [0.15, 0.2) is 72.8 Å². The van der Waals surface area contributed by atoms with Gasteiger partial charge in [0.25, 0.3) is 0 Å². The first kappa shape index (κ1) is 14.6. The highest BCUT2D eigenvalue weighted by molar-refractivity contribution is 6.07. The SMILES string of the molecule is c1ccc2c(c1)CCN2CCCn1c2ccccc2c2ccccc21. The Morgan fingerprint density at radius 2 is 1.32 bits per heavy atom. The van der Waals surface area contributed by atoms with E-state index < -0.39 is 0 Å². The molecule has 0 N–H and O–H groups in total. The molecule has 0 fully saturated rings. The molecule has 2 nitrogen and oxygen atoms in total. The number of anilines is 1. The van der Waals surface area contributed by atoms with Crippen LogP contribution < -0.4 is 4.90 Å². The van der Waals surface area contributed by atoms with Crippen molar-refractivity contribution in [2.75, 3.05) is 18.0 Å². The third-order valence-electron chi connectivity index (χ3n) is 5.47. The van der Waals surface area contributed by atoms with Gasteiger partial charge < -0.3 is 9.47 Å². The van der Waals surface area contributed by atoms with Gasteiger partial charge in [0.2, 0.25) is 0 Å². The minimum atomic E-state index is 1.06. The lowest BCUT2D eigenvalue weighted by molar-refractivity contribution is 0.658. The molecule has 124 valence electrons. The molecule has 4 aromatic rings. The van der Waals surface area contributed by atoms with E-state index in [-0.39, 0.29) is 0 Å². The molecule has 2 heterocycles. The topological polar surface area (TPSA) is 8.17 Å². The highest BCUT2D eigenvalue weighted by Crippen LogP contribution is 2.30. The van der Waals surface area contributed by atoms with Crippen LogP contribution in [-0.2, 0) is 13.0 Å². The lowest BCUT2D eigenvalue weighted by Crippen LogP contribution is -2.22. The first-order valence-electron chi connectivity index (χ1n) is 9.21. The van der Waals surface area contributed by atoms with E-state index in [1.165, 1.54) is 39.5 Å². The third kappa shape index (κ3) is 2.41. The maximum atomic E-state index is 2.54. The molecule has 1 aliphatic heterocycles. The molecule has 0 atom stereocenters. The summed E-state index contributed by atoms with van der Waals surface area (Å²) in [7, 11) is 0. The van der Waals surface area contributed by atoms with Crippen molar-refractivity contribution in [3.8, 4) is 0 Å². The van der Waals surface area contributed by atoms with Gasteiger partial charge >= 0.3 is 0 Å². The van der Waals surface area contributed by atoms with E-state index in [2.05, 4.69) is 82.3 Å². The fourth-order valence-corrected chi connectivity index (χ4v) is 4.30. The normalized spacial score (nSPS) is 13.7. The molecule has 0 amide bonds. The van der Waals surface area contributed by atoms with Gasteiger partial charge in [0.1, 0.15) is 0 Å². The average Bonchev–Trinajstić information content (AvgIpc) is 3.22. The smallest absolute Gasteiger partial charge is 0.0491 e. The molecule has 0 unspecified atom stereocenters. The summed E-state index contributed by atoms with van der Waals surface area (Å²) in [6.45, 7) is 3.34. The second kappa shape index (κ2) is 5.96. The zero-order valence-corrected chi connectivity index (χ0v) is 14.4. The van der Waals surface area contributed by atoms with Gasteiger partial charge in [0, 0.05) is 47.1 Å². The van der Waals surface area contributed by atoms with Gasteiger partial charge in [0.05, 0.1) is 0 Å². The van der Waals surface area contributed by atoms with Crippen LogP contribution in [0.1, 0.15) is 12.0 Å². The Morgan fingerprint density at radius 1 is 0.680 bits per heavy atom. The predicted octanol–water partition coefficient (Wildman–Crippen LogP) is 5.25. The van der Waals surface area contributed by atoms with Crippen molar-refractivity contribution >= 4 is 27.5 Å². The molecule has 0 saturated heterocycles. The first-order valence-corrected chi connectivity index (χ1v) is 9.21. The van der Waals surface area contributed by atoms with Crippen LogP contribution in [0.3, 0.4) is 0 Å². The third-order valence-corrected chi connectivity index (χ3v) is 5.47. The summed E-state index contributed by atoms with van der Waals surface area (Å²) in [4.78, 5) is 2.54. The summed E-state index contributed by atoms with van der Waals surface area (Å²) in [5.74, 6) is 0. The summed E-state index contributed by atoms with van der Waals surface area (Å²) in [6.07, 6.45) is 2.35. The molecule has 0 saturated carbocycles. The quantitative estimate of drug-likeness (QED) is 0.497. The van der Waals surface area contributed by atoms with Crippen LogP contribution in [0, 0.1) is 0 Å². The van der Waals surface area contributed by atoms with Gasteiger partial charge in [0.15, 0.2) is 0 Å². The van der Waals surface area contributed by atoms with E-state index >= 15 is 0 Å². The molecule has 0 aliphatic carbocycles. The Kier molecular flexibility index (Phi) is 3.48. The molecule has 1 aromatic heterocycles. The standard InChI is InChI=1S/C23H22N2/c1-4-11-21-18(8-1)14-17-24(21)15-7-16-25-22-12-5-2-9-19(22)20-10-3-6-13-23(20)25/h1-6,8-13H,7,14-17H2.